The van der Waals surface area contributed by atoms with Gasteiger partial charge < -0.3 is 20.1 Å². The van der Waals surface area contributed by atoms with Crippen LogP contribution in [0.15, 0.2) is 48.6 Å². The number of esters is 1. The predicted octanol–water partition coefficient (Wildman–Crippen LogP) is 13.9. The van der Waals surface area contributed by atoms with E-state index in [4.69, 9.17) is 13.8 Å². The standard InChI is InChI=1S/C49H90NO8P/c1-3-5-7-9-11-13-15-17-19-21-22-23-24-26-28-30-32-34-36-38-40-42-49(53)56-45-47(51)46-58-59(54,55)57-44-43-50-48(52)41-39-37-35-33-31-29-27-25-20-18-16-14-12-10-8-6-4-2/h12,14,18,20,27,29,33,35,47,51H,3-11,13,15-17,19,21-26,28,30-32,34,36-46H2,1-2H3,(H,50,52)(H,54,55)/b14-12-,20-18-,29-27-,35-33-. The number of unbranched alkanes of at least 4 members (excludes halogenated alkanes) is 24. The molecule has 0 aromatic rings. The van der Waals surface area contributed by atoms with E-state index in [0.29, 0.717) is 12.8 Å². The maximum atomic E-state index is 12.1. The van der Waals surface area contributed by atoms with Crippen molar-refractivity contribution in [1.29, 1.82) is 0 Å². The van der Waals surface area contributed by atoms with Crippen molar-refractivity contribution in [2.45, 2.75) is 225 Å². The third-order valence-corrected chi connectivity index (χ3v) is 11.2. The summed E-state index contributed by atoms with van der Waals surface area (Å²) in [6, 6.07) is 0. The van der Waals surface area contributed by atoms with Gasteiger partial charge in [-0.3, -0.25) is 18.6 Å². The van der Waals surface area contributed by atoms with Gasteiger partial charge in [-0.15, -0.1) is 0 Å². The van der Waals surface area contributed by atoms with Gasteiger partial charge in [-0.1, -0.05) is 204 Å². The van der Waals surface area contributed by atoms with Crippen molar-refractivity contribution in [3.05, 3.63) is 48.6 Å². The van der Waals surface area contributed by atoms with Crippen LogP contribution in [0.1, 0.15) is 219 Å². The highest BCUT2D eigenvalue weighted by molar-refractivity contribution is 7.47. The number of carbonyl (C=O) groups is 2. The predicted molar refractivity (Wildman–Crippen MR) is 247 cm³/mol. The largest absolute Gasteiger partial charge is 0.472 e. The molecule has 0 aliphatic carbocycles. The van der Waals surface area contributed by atoms with E-state index in [0.717, 1.165) is 44.9 Å². The van der Waals surface area contributed by atoms with E-state index in [1.165, 1.54) is 141 Å². The highest BCUT2D eigenvalue weighted by atomic mass is 31.2. The fraction of sp³-hybridized carbons (Fsp3) is 0.796. The summed E-state index contributed by atoms with van der Waals surface area (Å²) in [5, 5.41) is 12.7. The van der Waals surface area contributed by atoms with E-state index in [1.54, 1.807) is 0 Å². The number of amides is 1. The molecule has 59 heavy (non-hydrogen) atoms. The van der Waals surface area contributed by atoms with Crippen LogP contribution in [0, 0.1) is 0 Å². The maximum Gasteiger partial charge on any atom is 0.472 e. The first-order valence-electron chi connectivity index (χ1n) is 24.1. The molecule has 0 radical (unpaired) electrons. The van der Waals surface area contributed by atoms with Gasteiger partial charge in [0.1, 0.15) is 12.7 Å². The Morgan fingerprint density at radius 2 is 0.932 bits per heavy atom. The molecule has 0 aromatic carbocycles. The summed E-state index contributed by atoms with van der Waals surface area (Å²) in [4.78, 5) is 34.0. The van der Waals surface area contributed by atoms with Gasteiger partial charge in [0.25, 0.3) is 0 Å². The minimum atomic E-state index is -4.43. The molecule has 2 atom stereocenters. The van der Waals surface area contributed by atoms with Crippen molar-refractivity contribution >= 4 is 19.7 Å². The lowest BCUT2D eigenvalue weighted by Gasteiger charge is -2.15. The third-order valence-electron chi connectivity index (χ3n) is 10.3. The van der Waals surface area contributed by atoms with Crippen molar-refractivity contribution in [2.75, 3.05) is 26.4 Å². The molecule has 0 saturated carbocycles. The Balaban J connectivity index is 3.61. The summed E-state index contributed by atoms with van der Waals surface area (Å²) in [5.74, 6) is -0.568. The van der Waals surface area contributed by atoms with Gasteiger partial charge in [0.15, 0.2) is 0 Å². The number of aliphatic hydroxyl groups excluding tert-OH is 1. The zero-order chi connectivity index (χ0) is 43.2. The molecule has 3 N–H and O–H groups in total. The van der Waals surface area contributed by atoms with Gasteiger partial charge in [-0.25, -0.2) is 4.57 Å². The number of nitrogens with one attached hydrogen (secondary N) is 1. The molecule has 344 valence electrons. The number of ether oxygens (including phenoxy) is 1. The second-order valence-electron chi connectivity index (χ2n) is 16.1. The molecule has 0 aromatic heterocycles. The van der Waals surface area contributed by atoms with Crippen LogP contribution in [0.4, 0.5) is 0 Å². The van der Waals surface area contributed by atoms with E-state index < -0.39 is 26.5 Å². The molecule has 0 bridgehead atoms. The topological polar surface area (TPSA) is 131 Å². The molecule has 0 fully saturated rings. The smallest absolute Gasteiger partial charge is 0.463 e. The van der Waals surface area contributed by atoms with Crippen molar-refractivity contribution in [1.82, 2.24) is 5.32 Å². The fourth-order valence-corrected chi connectivity index (χ4v) is 7.37. The molecule has 0 rings (SSSR count). The maximum absolute atomic E-state index is 12.1. The van der Waals surface area contributed by atoms with Crippen LogP contribution in [0.5, 0.6) is 0 Å². The summed E-state index contributed by atoms with van der Waals surface area (Å²) < 4.78 is 26.9. The number of hydrogen-bond donors (Lipinski definition) is 3. The summed E-state index contributed by atoms with van der Waals surface area (Å²) in [6.07, 6.45) is 53.4. The molecular weight excluding hydrogens is 762 g/mol. The molecule has 0 spiro atoms. The van der Waals surface area contributed by atoms with Gasteiger partial charge in [0.2, 0.25) is 5.91 Å². The highest BCUT2D eigenvalue weighted by Gasteiger charge is 2.23. The number of phosphoric acid groups is 1. The lowest BCUT2D eigenvalue weighted by molar-refractivity contribution is -0.147. The average molecular weight is 852 g/mol. The molecule has 9 nitrogen and oxygen atoms in total. The van der Waals surface area contributed by atoms with Crippen molar-refractivity contribution < 1.29 is 37.9 Å². The Bertz CT molecular complexity index is 1110. The van der Waals surface area contributed by atoms with E-state index in [-0.39, 0.29) is 32.1 Å². The summed E-state index contributed by atoms with van der Waals surface area (Å²) >= 11 is 0. The monoisotopic (exact) mass is 852 g/mol. The SMILES string of the molecule is CCCCC/C=C\C/C=C\C/C=C\C/C=C\CCCC(=O)NCCOP(=O)(O)OCC(O)COC(=O)CCCCCCCCCCCCCCCCCCCCCCC. The number of rotatable bonds is 45. The number of phosphoric ester groups is 1. The normalized spacial score (nSPS) is 13.6. The van der Waals surface area contributed by atoms with Gasteiger partial charge in [-0.2, -0.15) is 0 Å². The quantitative estimate of drug-likeness (QED) is 0.0239. The van der Waals surface area contributed by atoms with Crippen LogP contribution < -0.4 is 5.32 Å². The lowest BCUT2D eigenvalue weighted by Crippen LogP contribution is -2.27. The van der Waals surface area contributed by atoms with Gasteiger partial charge in [0, 0.05) is 19.4 Å². The second-order valence-corrected chi connectivity index (χ2v) is 17.5. The van der Waals surface area contributed by atoms with Crippen LogP contribution >= 0.6 is 7.82 Å². The minimum absolute atomic E-state index is 0.0524. The minimum Gasteiger partial charge on any atom is -0.463 e. The molecule has 0 aliphatic rings. The highest BCUT2D eigenvalue weighted by Crippen LogP contribution is 2.42. The zero-order valence-corrected chi connectivity index (χ0v) is 38.8. The number of allylic oxidation sites excluding steroid dienone is 8. The molecule has 0 aliphatic heterocycles. The Kier molecular flexibility index (Phi) is 43.9. The number of carbonyl (C=O) groups excluding carboxylic acids is 2. The zero-order valence-electron chi connectivity index (χ0n) is 37.9. The number of hydrogen-bond acceptors (Lipinski definition) is 7. The first-order valence-corrected chi connectivity index (χ1v) is 25.6. The summed E-state index contributed by atoms with van der Waals surface area (Å²) in [5.41, 5.74) is 0. The van der Waals surface area contributed by atoms with Gasteiger partial charge in [0.05, 0.1) is 13.2 Å². The first-order chi connectivity index (χ1) is 28.8. The molecule has 0 heterocycles. The van der Waals surface area contributed by atoms with Gasteiger partial charge in [-0.05, 0) is 51.4 Å². The van der Waals surface area contributed by atoms with E-state index in [9.17, 15) is 24.2 Å². The Labute approximate surface area is 362 Å². The van der Waals surface area contributed by atoms with Crippen LogP contribution in [0.25, 0.3) is 0 Å². The van der Waals surface area contributed by atoms with E-state index in [2.05, 4.69) is 67.8 Å². The lowest BCUT2D eigenvalue weighted by atomic mass is 10.0. The molecule has 1 amide bonds. The van der Waals surface area contributed by atoms with Crippen molar-refractivity contribution in [2.24, 2.45) is 0 Å². The van der Waals surface area contributed by atoms with Crippen LogP contribution in [0.2, 0.25) is 0 Å². The molecule has 2 unspecified atom stereocenters. The Morgan fingerprint density at radius 1 is 0.525 bits per heavy atom. The first kappa shape index (κ1) is 57.0. The van der Waals surface area contributed by atoms with Gasteiger partial charge >= 0.3 is 13.8 Å². The third kappa shape index (κ3) is 46.9. The Morgan fingerprint density at radius 3 is 1.41 bits per heavy atom. The fourth-order valence-electron chi connectivity index (χ4n) is 6.61. The van der Waals surface area contributed by atoms with Crippen LogP contribution in [0.3, 0.4) is 0 Å². The van der Waals surface area contributed by atoms with E-state index in [1.807, 2.05) is 0 Å². The van der Waals surface area contributed by atoms with Crippen molar-refractivity contribution in [3.8, 4) is 0 Å². The second kappa shape index (κ2) is 45.5. The summed E-state index contributed by atoms with van der Waals surface area (Å²) in [6.45, 7) is 3.48. The molecular formula is C49H90NO8P. The summed E-state index contributed by atoms with van der Waals surface area (Å²) in [7, 11) is -4.43. The molecule has 0 saturated heterocycles. The van der Waals surface area contributed by atoms with Crippen LogP contribution in [-0.2, 0) is 27.9 Å². The Hall–Kier alpha value is -2.03. The molecule has 10 heteroatoms. The average Bonchev–Trinajstić information content (AvgIpc) is 3.22. The number of aliphatic hydroxyl groups is 1. The van der Waals surface area contributed by atoms with E-state index >= 15 is 0 Å². The van der Waals surface area contributed by atoms with Crippen LogP contribution in [-0.4, -0.2) is 54.3 Å². The van der Waals surface area contributed by atoms with Crippen molar-refractivity contribution in [3.63, 3.8) is 0 Å².